The first-order valence-corrected chi connectivity index (χ1v) is 6.16. The Morgan fingerprint density at radius 2 is 1.75 bits per heavy atom. The summed E-state index contributed by atoms with van der Waals surface area (Å²) in [5.41, 5.74) is 0.985. The molecule has 80 valence electrons. The quantitative estimate of drug-likeness (QED) is 0.664. The largest absolute Gasteiger partial charge is 0.389 e. The molecule has 1 nitrogen and oxygen atoms in total. The minimum Gasteiger partial charge on any atom is -0.389 e. The fraction of sp³-hybridized carbons (Fsp3) is 0.143. The van der Waals surface area contributed by atoms with Crippen molar-refractivity contribution in [1.82, 2.24) is 0 Å². The van der Waals surface area contributed by atoms with E-state index >= 15 is 0 Å². The van der Waals surface area contributed by atoms with Crippen molar-refractivity contribution in [3.05, 3.63) is 48.0 Å². The molecule has 2 aromatic carbocycles. The van der Waals surface area contributed by atoms with E-state index in [0.29, 0.717) is 0 Å². The van der Waals surface area contributed by atoms with E-state index in [-0.39, 0.29) is 0 Å². The van der Waals surface area contributed by atoms with Crippen LogP contribution < -0.4 is 0 Å². The Balaban J connectivity index is 2.37. The molecule has 1 N–H and O–H groups in total. The predicted octanol–water partition coefficient (Wildman–Crippen LogP) is 4.11. The van der Waals surface area contributed by atoms with E-state index in [1.54, 1.807) is 18.3 Å². The SMILES string of the molecule is CC(O)c1ccc2c(c1)sc1ccccc12. The van der Waals surface area contributed by atoms with Gasteiger partial charge < -0.3 is 5.11 Å². The fourth-order valence-corrected chi connectivity index (χ4v) is 3.16. The molecule has 0 saturated carbocycles. The van der Waals surface area contributed by atoms with E-state index in [1.807, 2.05) is 6.07 Å². The molecule has 1 aromatic heterocycles. The van der Waals surface area contributed by atoms with E-state index in [2.05, 4.69) is 36.4 Å². The van der Waals surface area contributed by atoms with Gasteiger partial charge in [0, 0.05) is 20.2 Å². The fourth-order valence-electron chi connectivity index (χ4n) is 2.00. The lowest BCUT2D eigenvalue weighted by Gasteiger charge is -2.03. The van der Waals surface area contributed by atoms with Crippen LogP contribution in [0.1, 0.15) is 18.6 Å². The minimum absolute atomic E-state index is 0.394. The Morgan fingerprint density at radius 3 is 2.56 bits per heavy atom. The zero-order valence-electron chi connectivity index (χ0n) is 8.97. The summed E-state index contributed by atoms with van der Waals surface area (Å²) < 4.78 is 2.56. The lowest BCUT2D eigenvalue weighted by atomic mass is 10.1. The lowest BCUT2D eigenvalue weighted by Crippen LogP contribution is -1.88. The molecule has 0 fully saturated rings. The first-order chi connectivity index (χ1) is 7.75. The van der Waals surface area contributed by atoms with Gasteiger partial charge in [0.15, 0.2) is 0 Å². The molecule has 3 rings (SSSR count). The van der Waals surface area contributed by atoms with Gasteiger partial charge in [-0.1, -0.05) is 30.3 Å². The summed E-state index contributed by atoms with van der Waals surface area (Å²) in [6, 6.07) is 14.6. The number of thiophene rings is 1. The second-order valence-corrected chi connectivity index (χ2v) is 5.11. The Bertz CT molecular complexity index is 652. The van der Waals surface area contributed by atoms with Crippen molar-refractivity contribution in [2.24, 2.45) is 0 Å². The lowest BCUT2D eigenvalue weighted by molar-refractivity contribution is 0.199. The van der Waals surface area contributed by atoms with E-state index in [9.17, 15) is 5.11 Å². The second-order valence-electron chi connectivity index (χ2n) is 4.03. The number of hydrogen-bond donors (Lipinski definition) is 1. The topological polar surface area (TPSA) is 20.2 Å². The monoisotopic (exact) mass is 228 g/mol. The van der Waals surface area contributed by atoms with Gasteiger partial charge in [-0.3, -0.25) is 0 Å². The molecule has 1 atom stereocenters. The van der Waals surface area contributed by atoms with E-state index in [4.69, 9.17) is 0 Å². The summed E-state index contributed by atoms with van der Waals surface area (Å²) in [5, 5.41) is 12.2. The summed E-state index contributed by atoms with van der Waals surface area (Å²) in [7, 11) is 0. The van der Waals surface area contributed by atoms with Crippen LogP contribution in [-0.4, -0.2) is 5.11 Å². The first kappa shape index (κ1) is 9.82. The average molecular weight is 228 g/mol. The molecule has 0 aliphatic heterocycles. The highest BCUT2D eigenvalue weighted by atomic mass is 32.1. The zero-order valence-corrected chi connectivity index (χ0v) is 9.79. The number of aliphatic hydroxyl groups is 1. The van der Waals surface area contributed by atoms with E-state index in [0.717, 1.165) is 5.56 Å². The summed E-state index contributed by atoms with van der Waals surface area (Å²) in [6.45, 7) is 1.80. The Morgan fingerprint density at radius 1 is 1.00 bits per heavy atom. The van der Waals surface area contributed by atoms with Gasteiger partial charge in [0.2, 0.25) is 0 Å². The summed E-state index contributed by atoms with van der Waals surface area (Å²) in [6.07, 6.45) is -0.394. The van der Waals surface area contributed by atoms with Crippen molar-refractivity contribution in [2.75, 3.05) is 0 Å². The maximum Gasteiger partial charge on any atom is 0.0762 e. The number of aliphatic hydroxyl groups excluding tert-OH is 1. The van der Waals surface area contributed by atoms with Crippen LogP contribution in [0, 0.1) is 0 Å². The van der Waals surface area contributed by atoms with Gasteiger partial charge in [0.05, 0.1) is 6.10 Å². The minimum atomic E-state index is -0.394. The van der Waals surface area contributed by atoms with Gasteiger partial charge in [0.25, 0.3) is 0 Å². The maximum absolute atomic E-state index is 9.56. The number of fused-ring (bicyclic) bond motifs is 3. The maximum atomic E-state index is 9.56. The average Bonchev–Trinajstić information content (AvgIpc) is 2.66. The summed E-state index contributed by atoms with van der Waals surface area (Å²) in [4.78, 5) is 0. The van der Waals surface area contributed by atoms with Crippen molar-refractivity contribution in [1.29, 1.82) is 0 Å². The highest BCUT2D eigenvalue weighted by Gasteiger charge is 2.06. The normalized spacial score (nSPS) is 13.4. The number of hydrogen-bond acceptors (Lipinski definition) is 2. The highest BCUT2D eigenvalue weighted by Crippen LogP contribution is 2.34. The third-order valence-electron chi connectivity index (χ3n) is 2.89. The standard InChI is InChI=1S/C14H12OS/c1-9(15)10-6-7-12-11-4-2-3-5-13(11)16-14(12)8-10/h2-9,15H,1H3. The Labute approximate surface area is 98.0 Å². The van der Waals surface area contributed by atoms with Gasteiger partial charge >= 0.3 is 0 Å². The molecule has 3 aromatic rings. The molecule has 0 amide bonds. The summed E-state index contributed by atoms with van der Waals surface area (Å²) in [5.74, 6) is 0. The number of rotatable bonds is 1. The second kappa shape index (κ2) is 3.58. The zero-order chi connectivity index (χ0) is 11.1. The van der Waals surface area contributed by atoms with Crippen LogP contribution in [0.5, 0.6) is 0 Å². The molecule has 1 heterocycles. The molecule has 16 heavy (non-hydrogen) atoms. The molecule has 0 aliphatic carbocycles. The molecule has 1 unspecified atom stereocenters. The smallest absolute Gasteiger partial charge is 0.0762 e. The van der Waals surface area contributed by atoms with E-state index in [1.165, 1.54) is 20.2 Å². The molecule has 2 heteroatoms. The van der Waals surface area contributed by atoms with Gasteiger partial charge in [-0.2, -0.15) is 0 Å². The van der Waals surface area contributed by atoms with Crippen LogP contribution in [0.4, 0.5) is 0 Å². The van der Waals surface area contributed by atoms with Crippen molar-refractivity contribution in [2.45, 2.75) is 13.0 Å². The van der Waals surface area contributed by atoms with Crippen LogP contribution in [0.2, 0.25) is 0 Å². The third-order valence-corrected chi connectivity index (χ3v) is 4.02. The molecule has 0 spiro atoms. The van der Waals surface area contributed by atoms with Gasteiger partial charge in [-0.15, -0.1) is 11.3 Å². The first-order valence-electron chi connectivity index (χ1n) is 5.35. The number of benzene rings is 2. The molecular formula is C14H12OS. The van der Waals surface area contributed by atoms with Crippen molar-refractivity contribution in [3.63, 3.8) is 0 Å². The van der Waals surface area contributed by atoms with Crippen LogP contribution in [0.25, 0.3) is 20.2 Å². The Hall–Kier alpha value is -1.38. The van der Waals surface area contributed by atoms with Gasteiger partial charge in [-0.25, -0.2) is 0 Å². The molecule has 0 saturated heterocycles. The van der Waals surface area contributed by atoms with Crippen LogP contribution in [0.15, 0.2) is 42.5 Å². The molecule has 0 aliphatic rings. The van der Waals surface area contributed by atoms with Crippen LogP contribution in [-0.2, 0) is 0 Å². The van der Waals surface area contributed by atoms with Crippen LogP contribution in [0.3, 0.4) is 0 Å². The van der Waals surface area contributed by atoms with Crippen molar-refractivity contribution < 1.29 is 5.11 Å². The Kier molecular flexibility index (Phi) is 2.20. The molecule has 0 radical (unpaired) electrons. The highest BCUT2D eigenvalue weighted by molar-refractivity contribution is 7.25. The van der Waals surface area contributed by atoms with Crippen molar-refractivity contribution in [3.8, 4) is 0 Å². The van der Waals surface area contributed by atoms with Gasteiger partial charge in [0.1, 0.15) is 0 Å². The predicted molar refractivity (Wildman–Crippen MR) is 70.0 cm³/mol. The van der Waals surface area contributed by atoms with E-state index < -0.39 is 6.10 Å². The third kappa shape index (κ3) is 1.42. The molecular weight excluding hydrogens is 216 g/mol. The molecule has 0 bridgehead atoms. The van der Waals surface area contributed by atoms with Crippen molar-refractivity contribution >= 4 is 31.5 Å². The van der Waals surface area contributed by atoms with Crippen LogP contribution >= 0.6 is 11.3 Å². The summed E-state index contributed by atoms with van der Waals surface area (Å²) >= 11 is 1.78. The van der Waals surface area contributed by atoms with Gasteiger partial charge in [-0.05, 0) is 24.6 Å².